The number of para-hydroxylation sites is 1. The zero-order chi connectivity index (χ0) is 30.0. The average Bonchev–Trinajstić information content (AvgIpc) is 3.66. The van der Waals surface area contributed by atoms with E-state index in [1.165, 1.54) is 23.5 Å². The van der Waals surface area contributed by atoms with E-state index in [1.54, 1.807) is 16.3 Å². The molecule has 1 saturated heterocycles. The fraction of sp³-hybridized carbons (Fsp3) is 0.290. The van der Waals surface area contributed by atoms with E-state index in [9.17, 15) is 18.0 Å². The summed E-state index contributed by atoms with van der Waals surface area (Å²) in [4.78, 5) is 23.9. The molecule has 0 radical (unpaired) electrons. The van der Waals surface area contributed by atoms with Crippen molar-refractivity contribution < 1.29 is 27.4 Å². The Hall–Kier alpha value is -3.80. The fourth-order valence-corrected chi connectivity index (χ4v) is 6.33. The number of fused-ring (bicyclic) bond motifs is 1. The molecule has 2 aliphatic heterocycles. The van der Waals surface area contributed by atoms with Crippen molar-refractivity contribution in [1.29, 1.82) is 0 Å². The van der Waals surface area contributed by atoms with Gasteiger partial charge < -0.3 is 19.3 Å². The van der Waals surface area contributed by atoms with E-state index >= 15 is 0 Å². The van der Waals surface area contributed by atoms with E-state index < -0.39 is 11.7 Å². The second kappa shape index (κ2) is 12.4. The lowest BCUT2D eigenvalue weighted by Gasteiger charge is -2.36. The second-order valence-corrected chi connectivity index (χ2v) is 11.7. The summed E-state index contributed by atoms with van der Waals surface area (Å²) in [6, 6.07) is 18.6. The molecule has 3 heterocycles. The minimum absolute atomic E-state index is 0.137. The van der Waals surface area contributed by atoms with Crippen molar-refractivity contribution in [2.45, 2.75) is 25.8 Å². The average molecular weight is 629 g/mol. The number of nitrogens with zero attached hydrogens (tertiary/aromatic N) is 4. The number of halogens is 4. The third-order valence-electron chi connectivity index (χ3n) is 7.39. The molecule has 6 rings (SSSR count). The minimum Gasteiger partial charge on any atom is -0.454 e. The van der Waals surface area contributed by atoms with Crippen molar-refractivity contribution >= 4 is 34.5 Å². The lowest BCUT2D eigenvalue weighted by molar-refractivity contribution is -0.137. The number of hydrogen-bond acceptors (Lipinski definition) is 7. The topological polar surface area (TPSA) is 58.1 Å². The van der Waals surface area contributed by atoms with E-state index in [0.717, 1.165) is 17.3 Å². The molecule has 0 atom stereocenters. The molecule has 224 valence electrons. The van der Waals surface area contributed by atoms with Gasteiger partial charge in [-0.2, -0.15) is 13.2 Å². The van der Waals surface area contributed by atoms with Gasteiger partial charge in [-0.3, -0.25) is 9.69 Å². The quantitative estimate of drug-likeness (QED) is 0.216. The molecule has 1 aromatic heterocycles. The first-order valence-electron chi connectivity index (χ1n) is 13.7. The predicted octanol–water partition coefficient (Wildman–Crippen LogP) is 6.71. The Morgan fingerprint density at radius 2 is 1.65 bits per heavy atom. The number of carbonyl (C=O) groups is 1. The number of alkyl halides is 3. The van der Waals surface area contributed by atoms with Gasteiger partial charge in [-0.05, 0) is 41.5 Å². The lowest BCUT2D eigenvalue weighted by Crippen LogP contribution is -2.49. The van der Waals surface area contributed by atoms with Crippen molar-refractivity contribution in [3.8, 4) is 11.5 Å². The van der Waals surface area contributed by atoms with Crippen molar-refractivity contribution in [3.63, 3.8) is 0 Å². The largest absolute Gasteiger partial charge is 0.454 e. The molecule has 7 nitrogen and oxygen atoms in total. The van der Waals surface area contributed by atoms with Crippen LogP contribution in [0.5, 0.6) is 11.5 Å². The molecular weight excluding hydrogens is 601 g/mol. The van der Waals surface area contributed by atoms with Crippen LogP contribution < -0.4 is 14.4 Å². The third kappa shape index (κ3) is 6.90. The first-order chi connectivity index (χ1) is 20.7. The van der Waals surface area contributed by atoms with E-state index in [1.807, 2.05) is 47.4 Å². The van der Waals surface area contributed by atoms with Gasteiger partial charge in [0.2, 0.25) is 6.79 Å². The monoisotopic (exact) mass is 628 g/mol. The molecule has 43 heavy (non-hydrogen) atoms. The summed E-state index contributed by atoms with van der Waals surface area (Å²) in [6.45, 7) is 3.59. The van der Waals surface area contributed by atoms with Crippen LogP contribution in [0.3, 0.4) is 0 Å². The molecule has 1 amide bonds. The zero-order valence-corrected chi connectivity index (χ0v) is 24.6. The fourth-order valence-electron chi connectivity index (χ4n) is 5.26. The molecule has 0 unspecified atom stereocenters. The maximum Gasteiger partial charge on any atom is 0.416 e. The summed E-state index contributed by atoms with van der Waals surface area (Å²) in [6.07, 6.45) is -4.43. The van der Waals surface area contributed by atoms with Gasteiger partial charge in [0.15, 0.2) is 11.5 Å². The van der Waals surface area contributed by atoms with Crippen LogP contribution in [0.15, 0.2) is 72.1 Å². The highest BCUT2D eigenvalue weighted by Crippen LogP contribution is 2.34. The number of thiazole rings is 1. The van der Waals surface area contributed by atoms with Crippen molar-refractivity contribution in [3.05, 3.63) is 105 Å². The summed E-state index contributed by atoms with van der Waals surface area (Å²) < 4.78 is 51.1. The Bertz CT molecular complexity index is 1610. The number of hydrogen-bond donors (Lipinski definition) is 0. The van der Waals surface area contributed by atoms with Crippen LogP contribution in [0.25, 0.3) is 0 Å². The molecule has 12 heteroatoms. The number of ether oxygens (including phenoxy) is 2. The van der Waals surface area contributed by atoms with E-state index in [4.69, 9.17) is 21.1 Å². The Kier molecular flexibility index (Phi) is 8.47. The lowest BCUT2D eigenvalue weighted by atomic mass is 10.1. The number of rotatable bonds is 8. The Morgan fingerprint density at radius 1 is 0.907 bits per heavy atom. The number of benzene rings is 3. The van der Waals surface area contributed by atoms with Gasteiger partial charge in [0.1, 0.15) is 10.7 Å². The van der Waals surface area contributed by atoms with Crippen molar-refractivity contribution in [2.24, 2.45) is 0 Å². The van der Waals surface area contributed by atoms with Gasteiger partial charge in [-0.1, -0.05) is 48.0 Å². The summed E-state index contributed by atoms with van der Waals surface area (Å²) >= 11 is 7.72. The Labute approximate surface area is 256 Å². The Balaban J connectivity index is 1.15. The maximum absolute atomic E-state index is 13.4. The van der Waals surface area contributed by atoms with E-state index in [-0.39, 0.29) is 19.2 Å². The maximum atomic E-state index is 13.4. The van der Waals surface area contributed by atoms with Crippen LogP contribution in [0.2, 0.25) is 5.02 Å². The summed E-state index contributed by atoms with van der Waals surface area (Å²) in [5.74, 6) is 1.15. The molecule has 1 fully saturated rings. The van der Waals surface area contributed by atoms with E-state index in [0.29, 0.717) is 72.1 Å². The minimum atomic E-state index is -4.43. The smallest absolute Gasteiger partial charge is 0.416 e. The molecule has 2 aliphatic rings. The second-order valence-electron chi connectivity index (χ2n) is 10.4. The molecule has 0 N–H and O–H groups in total. The molecule has 4 aromatic rings. The van der Waals surface area contributed by atoms with Crippen LogP contribution >= 0.6 is 22.9 Å². The number of carbonyl (C=O) groups excluding carboxylic acids is 1. The highest BCUT2D eigenvalue weighted by Gasteiger charge is 2.30. The van der Waals surface area contributed by atoms with Gasteiger partial charge in [0, 0.05) is 44.6 Å². The van der Waals surface area contributed by atoms with Crippen molar-refractivity contribution in [1.82, 2.24) is 14.8 Å². The van der Waals surface area contributed by atoms with Crippen LogP contribution in [0, 0.1) is 0 Å². The van der Waals surface area contributed by atoms with Crippen LogP contribution in [-0.2, 0) is 25.8 Å². The van der Waals surface area contributed by atoms with Crippen LogP contribution in [0.4, 0.5) is 18.9 Å². The van der Waals surface area contributed by atoms with E-state index in [2.05, 4.69) is 9.88 Å². The molecule has 3 aromatic carbocycles. The predicted molar refractivity (Wildman–Crippen MR) is 159 cm³/mol. The number of anilines is 1. The normalized spacial score (nSPS) is 14.9. The number of piperazine rings is 1. The van der Waals surface area contributed by atoms with Crippen LogP contribution in [0.1, 0.15) is 32.2 Å². The van der Waals surface area contributed by atoms with Crippen molar-refractivity contribution in [2.75, 3.05) is 37.9 Å². The van der Waals surface area contributed by atoms with Crippen LogP contribution in [-0.4, -0.2) is 53.7 Å². The summed E-state index contributed by atoms with van der Waals surface area (Å²) in [5.41, 5.74) is 2.08. The highest BCUT2D eigenvalue weighted by molar-refractivity contribution is 7.09. The molecule has 0 bridgehead atoms. The standard InChI is InChI=1S/C31H28ClF3N4O3S/c32-24-6-1-2-7-26(24)38-10-12-39(13-11-38)30(40)25-19-43-29(36-25)18-37(16-21-4-3-5-23(14-21)31(33,34)35)17-22-8-9-27-28(15-22)42-20-41-27/h1-9,14-15,19H,10-13,16-18,20H2. The van der Waals surface area contributed by atoms with Gasteiger partial charge >= 0.3 is 6.18 Å². The SMILES string of the molecule is O=C(c1csc(CN(Cc2cccc(C(F)(F)F)c2)Cc2ccc3c(c2)OCO3)n1)N1CCN(c2ccccc2Cl)CC1. The van der Waals surface area contributed by atoms with Gasteiger partial charge in [0.05, 0.1) is 22.8 Å². The molecule has 0 spiro atoms. The number of aromatic nitrogens is 1. The first kappa shape index (κ1) is 29.3. The third-order valence-corrected chi connectivity index (χ3v) is 8.55. The summed E-state index contributed by atoms with van der Waals surface area (Å²) in [7, 11) is 0. The first-order valence-corrected chi connectivity index (χ1v) is 15.0. The molecule has 0 saturated carbocycles. The Morgan fingerprint density at radius 3 is 2.42 bits per heavy atom. The molecular formula is C31H28ClF3N4O3S. The number of amides is 1. The summed E-state index contributed by atoms with van der Waals surface area (Å²) in [5, 5.41) is 3.13. The van der Waals surface area contributed by atoms with Gasteiger partial charge in [0.25, 0.3) is 5.91 Å². The van der Waals surface area contributed by atoms with Gasteiger partial charge in [-0.25, -0.2) is 4.98 Å². The molecule has 0 aliphatic carbocycles. The zero-order valence-electron chi connectivity index (χ0n) is 23.0. The van der Waals surface area contributed by atoms with Gasteiger partial charge in [-0.15, -0.1) is 11.3 Å². The highest BCUT2D eigenvalue weighted by atomic mass is 35.5.